The van der Waals surface area contributed by atoms with Crippen molar-refractivity contribution in [1.82, 2.24) is 10.1 Å². The third-order valence-electron chi connectivity index (χ3n) is 3.45. The van der Waals surface area contributed by atoms with Crippen molar-refractivity contribution in [2.75, 3.05) is 7.11 Å². The van der Waals surface area contributed by atoms with Gasteiger partial charge in [-0.05, 0) is 41.7 Å². The van der Waals surface area contributed by atoms with Crippen LogP contribution in [0.2, 0.25) is 0 Å². The molecule has 0 atom stereocenters. The van der Waals surface area contributed by atoms with Gasteiger partial charge in [-0.25, -0.2) is 0 Å². The number of rotatable bonds is 5. The lowest BCUT2D eigenvalue weighted by molar-refractivity contribution is -0.398. The molecule has 0 spiro atoms. The Bertz CT molecular complexity index is 982. The predicted octanol–water partition coefficient (Wildman–Crippen LogP) is 3.46. The number of hydrogen-bond acceptors (Lipinski definition) is 7. The molecule has 0 amide bonds. The molecular formula is C17H11ClN3O5-. The van der Waals surface area contributed by atoms with E-state index >= 15 is 0 Å². The Morgan fingerprint density at radius 2 is 2.00 bits per heavy atom. The van der Waals surface area contributed by atoms with E-state index in [0.717, 1.165) is 12.1 Å². The van der Waals surface area contributed by atoms with Gasteiger partial charge in [0.2, 0.25) is 5.82 Å². The minimum atomic E-state index is -0.748. The second-order valence-electron chi connectivity index (χ2n) is 5.13. The summed E-state index contributed by atoms with van der Waals surface area (Å²) in [5.41, 5.74) is 0.537. The largest absolute Gasteiger partial charge is 0.868 e. The fourth-order valence-electron chi connectivity index (χ4n) is 2.15. The average molecular weight is 373 g/mol. The number of benzene rings is 2. The van der Waals surface area contributed by atoms with Crippen molar-refractivity contribution in [3.05, 3.63) is 64.0 Å². The van der Waals surface area contributed by atoms with Crippen molar-refractivity contribution >= 4 is 28.4 Å². The summed E-state index contributed by atoms with van der Waals surface area (Å²) < 4.78 is 10.2. The van der Waals surface area contributed by atoms with Crippen LogP contribution in [0, 0.1) is 10.1 Å². The molecule has 132 valence electrons. The molecule has 0 bridgehead atoms. The number of nitro groups is 1. The minimum absolute atomic E-state index is 0.0475. The maximum Gasteiger partial charge on any atom is 0.269 e. The smallest absolute Gasteiger partial charge is 0.269 e. The van der Waals surface area contributed by atoms with Crippen molar-refractivity contribution in [1.29, 1.82) is 0 Å². The first-order valence-electron chi connectivity index (χ1n) is 7.29. The van der Waals surface area contributed by atoms with Crippen LogP contribution in [0.15, 0.2) is 47.0 Å². The van der Waals surface area contributed by atoms with Crippen LogP contribution in [-0.2, 0) is 0 Å². The van der Waals surface area contributed by atoms with E-state index in [-0.39, 0.29) is 10.9 Å². The molecule has 9 heteroatoms. The van der Waals surface area contributed by atoms with E-state index in [1.54, 1.807) is 31.4 Å². The molecule has 0 aliphatic rings. The van der Waals surface area contributed by atoms with Crippen LogP contribution in [0.25, 0.3) is 22.5 Å². The number of nitro benzene ring substituents is 1. The number of ether oxygens (including phenoxy) is 1. The summed E-state index contributed by atoms with van der Waals surface area (Å²) in [5.74, 6) is 0.392. The highest BCUT2D eigenvalue weighted by Gasteiger charge is 2.13. The van der Waals surface area contributed by atoms with Crippen LogP contribution < -0.4 is 9.84 Å². The lowest BCUT2D eigenvalue weighted by Crippen LogP contribution is -1.97. The summed E-state index contributed by atoms with van der Waals surface area (Å²) in [6, 6.07) is 10.7. The van der Waals surface area contributed by atoms with Gasteiger partial charge in [0.1, 0.15) is 10.8 Å². The van der Waals surface area contributed by atoms with Crippen molar-refractivity contribution in [3.63, 3.8) is 0 Å². The summed E-state index contributed by atoms with van der Waals surface area (Å²) in [7, 11) is 1.57. The van der Waals surface area contributed by atoms with E-state index in [2.05, 4.69) is 10.1 Å². The van der Waals surface area contributed by atoms with E-state index in [4.69, 9.17) is 20.9 Å². The van der Waals surface area contributed by atoms with Gasteiger partial charge in [-0.1, -0.05) is 28.9 Å². The molecule has 0 aliphatic carbocycles. The Hall–Kier alpha value is -3.39. The number of methoxy groups -OCH3 is 1. The Kier molecular flexibility index (Phi) is 4.85. The van der Waals surface area contributed by atoms with Gasteiger partial charge >= 0.3 is 0 Å². The highest BCUT2D eigenvalue weighted by Crippen LogP contribution is 2.28. The molecule has 26 heavy (non-hydrogen) atoms. The predicted molar refractivity (Wildman–Crippen MR) is 92.6 cm³/mol. The zero-order valence-corrected chi connectivity index (χ0v) is 14.1. The molecule has 0 radical (unpaired) electrons. The molecule has 0 unspecified atom stereocenters. The second-order valence-corrected chi connectivity index (χ2v) is 5.54. The topological polar surface area (TPSA) is 114 Å². The summed E-state index contributed by atoms with van der Waals surface area (Å²) in [6.45, 7) is 0. The third-order valence-corrected chi connectivity index (χ3v) is 3.72. The average Bonchev–Trinajstić information content (AvgIpc) is 3.13. The van der Waals surface area contributed by atoms with Gasteiger partial charge in [0.25, 0.3) is 11.6 Å². The zero-order valence-electron chi connectivity index (χ0n) is 13.4. The molecule has 1 aromatic heterocycles. The zero-order chi connectivity index (χ0) is 18.7. The van der Waals surface area contributed by atoms with Crippen LogP contribution in [0.1, 0.15) is 11.5 Å². The normalized spacial score (nSPS) is 11.4. The summed E-state index contributed by atoms with van der Waals surface area (Å²) in [4.78, 5) is 14.3. The molecule has 3 rings (SSSR count). The summed E-state index contributed by atoms with van der Waals surface area (Å²) in [5, 5.41) is 26.2. The lowest BCUT2D eigenvalue weighted by atomic mass is 10.1. The second kappa shape index (κ2) is 7.24. The van der Waals surface area contributed by atoms with Crippen LogP contribution >= 0.6 is 11.6 Å². The first-order valence-corrected chi connectivity index (χ1v) is 7.67. The van der Waals surface area contributed by atoms with Gasteiger partial charge in [0.05, 0.1) is 12.0 Å². The van der Waals surface area contributed by atoms with Crippen LogP contribution in [0.5, 0.6) is 11.5 Å². The molecular weight excluding hydrogens is 362 g/mol. The molecule has 0 aliphatic heterocycles. The Balaban J connectivity index is 1.87. The maximum atomic E-state index is 11.4. The van der Waals surface area contributed by atoms with Gasteiger partial charge in [-0.2, -0.15) is 4.98 Å². The highest BCUT2D eigenvalue weighted by atomic mass is 35.5. The van der Waals surface area contributed by atoms with Crippen molar-refractivity contribution < 1.29 is 19.3 Å². The minimum Gasteiger partial charge on any atom is -0.868 e. The Morgan fingerprint density at radius 3 is 2.65 bits per heavy atom. The van der Waals surface area contributed by atoms with E-state index in [0.29, 0.717) is 22.7 Å². The fraction of sp³-hybridized carbons (Fsp3) is 0.0588. The quantitative estimate of drug-likeness (QED) is 0.497. The van der Waals surface area contributed by atoms with Crippen molar-refractivity contribution in [2.24, 2.45) is 0 Å². The molecule has 0 N–H and O–H groups in total. The summed E-state index contributed by atoms with van der Waals surface area (Å²) in [6.07, 6.45) is 1.40. The van der Waals surface area contributed by atoms with Crippen LogP contribution in [-0.4, -0.2) is 22.2 Å². The molecule has 0 saturated carbocycles. The van der Waals surface area contributed by atoms with E-state index in [1.165, 1.54) is 12.1 Å². The number of hydrogen-bond donors (Lipinski definition) is 0. The number of halogens is 1. The highest BCUT2D eigenvalue weighted by molar-refractivity contribution is 6.50. The fourth-order valence-corrected chi connectivity index (χ4v) is 2.36. The van der Waals surface area contributed by atoms with E-state index in [9.17, 15) is 15.2 Å². The van der Waals surface area contributed by atoms with E-state index in [1.807, 2.05) is 0 Å². The van der Waals surface area contributed by atoms with Gasteiger partial charge < -0.3 is 14.4 Å². The molecule has 0 saturated heterocycles. The molecule has 2 aromatic carbocycles. The first-order chi connectivity index (χ1) is 12.5. The Labute approximate surface area is 152 Å². The van der Waals surface area contributed by atoms with Crippen LogP contribution in [0.3, 0.4) is 0 Å². The van der Waals surface area contributed by atoms with Gasteiger partial charge in [0.15, 0.2) is 0 Å². The first kappa shape index (κ1) is 17.4. The monoisotopic (exact) mass is 372 g/mol. The lowest BCUT2D eigenvalue weighted by Gasteiger charge is -2.06. The van der Waals surface area contributed by atoms with Gasteiger partial charge in [0, 0.05) is 11.6 Å². The molecule has 0 fully saturated rings. The molecule has 1 heterocycles. The van der Waals surface area contributed by atoms with E-state index < -0.39 is 16.4 Å². The van der Waals surface area contributed by atoms with Gasteiger partial charge in [-0.3, -0.25) is 10.1 Å². The third kappa shape index (κ3) is 3.65. The standard InChI is InChI=1S/C17H12ClN3O5/c1-25-12-5-3-11(4-6-12)16-19-17(26-20-16)13(18)8-10-2-7-15(22)14(9-10)21(23)24/h2-9,22H,1H3/p-1/b13-8-. The SMILES string of the molecule is COc1ccc(-c2noc(/C(Cl)=C/c3ccc([O-])c([N+](=O)[O-])c3)n2)cc1. The molecule has 3 aromatic rings. The number of aromatic nitrogens is 2. The Morgan fingerprint density at radius 1 is 1.27 bits per heavy atom. The van der Waals surface area contributed by atoms with Gasteiger partial charge in [-0.15, -0.1) is 0 Å². The maximum absolute atomic E-state index is 11.4. The van der Waals surface area contributed by atoms with Crippen LogP contribution in [0.4, 0.5) is 5.69 Å². The van der Waals surface area contributed by atoms with Crippen molar-refractivity contribution in [3.8, 4) is 22.9 Å². The number of nitrogens with zero attached hydrogens (tertiary/aromatic N) is 3. The molecule has 8 nitrogen and oxygen atoms in total. The summed E-state index contributed by atoms with van der Waals surface area (Å²) >= 11 is 6.16. The van der Waals surface area contributed by atoms with Crippen molar-refractivity contribution in [2.45, 2.75) is 0 Å².